The molecule has 1 aromatic rings. The van der Waals surface area contributed by atoms with Crippen molar-refractivity contribution in [3.63, 3.8) is 0 Å². The lowest BCUT2D eigenvalue weighted by molar-refractivity contribution is -0.140. The number of carbonyl (C=O) groups excluding carboxylic acids is 1. The number of piperazine rings is 1. The second-order valence-corrected chi connectivity index (χ2v) is 7.84. The second-order valence-electron chi connectivity index (χ2n) is 6.78. The van der Waals surface area contributed by atoms with Gasteiger partial charge in [0, 0.05) is 43.4 Å². The average Bonchev–Trinajstić information content (AvgIpc) is 2.53. The SMILES string of the molecule is CC(C)(O)CN1CCN(C(=O)[C@H]2CSc3ccccc3O2)CC1. The zero-order valence-corrected chi connectivity index (χ0v) is 14.5. The molecule has 0 saturated carbocycles. The quantitative estimate of drug-likeness (QED) is 0.906. The summed E-state index contributed by atoms with van der Waals surface area (Å²) in [4.78, 5) is 17.9. The van der Waals surface area contributed by atoms with E-state index in [1.165, 1.54) is 0 Å². The van der Waals surface area contributed by atoms with Gasteiger partial charge in [-0.25, -0.2) is 0 Å². The van der Waals surface area contributed by atoms with Crippen LogP contribution in [-0.2, 0) is 4.79 Å². The highest BCUT2D eigenvalue weighted by molar-refractivity contribution is 7.99. The average molecular weight is 336 g/mol. The Morgan fingerprint density at radius 3 is 2.70 bits per heavy atom. The number of benzene rings is 1. The van der Waals surface area contributed by atoms with Crippen LogP contribution in [0.15, 0.2) is 29.2 Å². The Morgan fingerprint density at radius 1 is 1.30 bits per heavy atom. The summed E-state index contributed by atoms with van der Waals surface area (Å²) in [5.41, 5.74) is -0.695. The number of para-hydroxylation sites is 1. The van der Waals surface area contributed by atoms with Crippen molar-refractivity contribution >= 4 is 17.7 Å². The predicted octanol–water partition coefficient (Wildman–Crippen LogP) is 1.45. The number of thioether (sulfide) groups is 1. The lowest BCUT2D eigenvalue weighted by Crippen LogP contribution is -2.55. The Hall–Kier alpha value is -1.24. The number of carbonyl (C=O) groups is 1. The summed E-state index contributed by atoms with van der Waals surface area (Å²) in [5, 5.41) is 9.90. The molecule has 0 unspecified atom stereocenters. The Morgan fingerprint density at radius 2 is 2.00 bits per heavy atom. The summed E-state index contributed by atoms with van der Waals surface area (Å²) in [6.07, 6.45) is -0.393. The number of hydrogen-bond donors (Lipinski definition) is 1. The highest BCUT2D eigenvalue weighted by Gasteiger charge is 2.32. The van der Waals surface area contributed by atoms with Crippen LogP contribution in [0.3, 0.4) is 0 Å². The molecule has 0 bridgehead atoms. The highest BCUT2D eigenvalue weighted by atomic mass is 32.2. The molecule has 0 radical (unpaired) electrons. The van der Waals surface area contributed by atoms with Gasteiger partial charge in [0.2, 0.25) is 0 Å². The molecule has 2 aliphatic rings. The molecule has 23 heavy (non-hydrogen) atoms. The molecule has 3 rings (SSSR count). The molecule has 1 N–H and O–H groups in total. The summed E-state index contributed by atoms with van der Waals surface area (Å²) in [7, 11) is 0. The smallest absolute Gasteiger partial charge is 0.264 e. The minimum atomic E-state index is -0.695. The minimum Gasteiger partial charge on any atom is -0.479 e. The summed E-state index contributed by atoms with van der Waals surface area (Å²) in [6.45, 7) is 7.25. The van der Waals surface area contributed by atoms with Crippen LogP contribution in [0.25, 0.3) is 0 Å². The third-order valence-electron chi connectivity index (χ3n) is 4.08. The van der Waals surface area contributed by atoms with Crippen LogP contribution >= 0.6 is 11.8 Å². The molecule has 126 valence electrons. The lowest BCUT2D eigenvalue weighted by atomic mass is 10.1. The molecule has 2 aliphatic heterocycles. The van der Waals surface area contributed by atoms with E-state index in [9.17, 15) is 9.90 Å². The van der Waals surface area contributed by atoms with E-state index >= 15 is 0 Å². The van der Waals surface area contributed by atoms with Crippen LogP contribution in [0.5, 0.6) is 5.75 Å². The van der Waals surface area contributed by atoms with E-state index in [1.807, 2.05) is 43.0 Å². The standard InChI is InChI=1S/C17H24N2O3S/c1-17(2,21)12-18-7-9-19(10-8-18)16(20)14-11-23-15-6-4-3-5-13(15)22-14/h3-6,14,21H,7-12H2,1-2H3/t14-/m1/s1. The Labute approximate surface area is 141 Å². The van der Waals surface area contributed by atoms with Gasteiger partial charge >= 0.3 is 0 Å². The van der Waals surface area contributed by atoms with E-state index in [1.54, 1.807) is 11.8 Å². The first-order chi connectivity index (χ1) is 10.9. The first-order valence-corrected chi connectivity index (χ1v) is 9.03. The Balaban J connectivity index is 1.54. The molecule has 6 heteroatoms. The Kier molecular flexibility index (Phi) is 4.85. The number of aliphatic hydroxyl groups is 1. The van der Waals surface area contributed by atoms with Crippen LogP contribution in [0.4, 0.5) is 0 Å². The topological polar surface area (TPSA) is 53.0 Å². The van der Waals surface area contributed by atoms with Crippen LogP contribution in [0.1, 0.15) is 13.8 Å². The van der Waals surface area contributed by atoms with E-state index in [0.29, 0.717) is 25.4 Å². The summed E-state index contributed by atoms with van der Waals surface area (Å²) >= 11 is 1.68. The van der Waals surface area contributed by atoms with Crippen molar-refractivity contribution in [2.24, 2.45) is 0 Å². The predicted molar refractivity (Wildman–Crippen MR) is 90.9 cm³/mol. The van der Waals surface area contributed by atoms with Crippen molar-refractivity contribution in [3.05, 3.63) is 24.3 Å². The van der Waals surface area contributed by atoms with Gasteiger partial charge in [-0.2, -0.15) is 0 Å². The summed E-state index contributed by atoms with van der Waals surface area (Å²) < 4.78 is 5.89. The minimum absolute atomic E-state index is 0.0786. The van der Waals surface area contributed by atoms with Crippen LogP contribution < -0.4 is 4.74 Å². The molecule has 0 spiro atoms. The van der Waals surface area contributed by atoms with Crippen molar-refractivity contribution in [1.29, 1.82) is 0 Å². The van der Waals surface area contributed by atoms with Gasteiger partial charge < -0.3 is 14.7 Å². The number of rotatable bonds is 3. The molecule has 1 saturated heterocycles. The third-order valence-corrected chi connectivity index (χ3v) is 5.20. The lowest BCUT2D eigenvalue weighted by Gasteiger charge is -2.38. The number of β-amino-alcohol motifs (C(OH)–C–C–N with tert-alkyl or cyclic N) is 1. The maximum atomic E-state index is 12.7. The fourth-order valence-corrected chi connectivity index (χ4v) is 3.99. The van der Waals surface area contributed by atoms with Gasteiger partial charge in [0.25, 0.3) is 5.91 Å². The number of nitrogens with zero attached hydrogens (tertiary/aromatic N) is 2. The van der Waals surface area contributed by atoms with Crippen LogP contribution in [0, 0.1) is 0 Å². The molecule has 1 amide bonds. The molecule has 0 aromatic heterocycles. The number of fused-ring (bicyclic) bond motifs is 1. The molecule has 2 heterocycles. The van der Waals surface area contributed by atoms with Gasteiger partial charge in [-0.3, -0.25) is 9.69 Å². The van der Waals surface area contributed by atoms with Gasteiger partial charge in [-0.05, 0) is 26.0 Å². The van der Waals surface area contributed by atoms with Crippen molar-refractivity contribution in [2.75, 3.05) is 38.5 Å². The van der Waals surface area contributed by atoms with E-state index in [0.717, 1.165) is 23.7 Å². The van der Waals surface area contributed by atoms with Gasteiger partial charge in [0.05, 0.1) is 5.60 Å². The molecule has 1 fully saturated rings. The normalized spacial score (nSPS) is 22.4. The number of hydrogen-bond acceptors (Lipinski definition) is 5. The maximum Gasteiger partial charge on any atom is 0.264 e. The summed E-state index contributed by atoms with van der Waals surface area (Å²) in [5.74, 6) is 1.55. The molecule has 1 atom stereocenters. The third kappa shape index (κ3) is 4.19. The summed E-state index contributed by atoms with van der Waals surface area (Å²) in [6, 6.07) is 7.86. The largest absolute Gasteiger partial charge is 0.479 e. The monoisotopic (exact) mass is 336 g/mol. The van der Waals surface area contributed by atoms with E-state index in [-0.39, 0.29) is 5.91 Å². The van der Waals surface area contributed by atoms with Crippen LogP contribution in [-0.4, -0.2) is 71.0 Å². The first-order valence-electron chi connectivity index (χ1n) is 8.04. The zero-order valence-electron chi connectivity index (χ0n) is 13.7. The van der Waals surface area contributed by atoms with Crippen molar-refractivity contribution < 1.29 is 14.6 Å². The first kappa shape index (κ1) is 16.6. The fraction of sp³-hybridized carbons (Fsp3) is 0.588. The number of ether oxygens (including phenoxy) is 1. The molecule has 1 aromatic carbocycles. The van der Waals surface area contributed by atoms with Gasteiger partial charge in [-0.15, -0.1) is 11.8 Å². The molecular weight excluding hydrogens is 312 g/mol. The maximum absolute atomic E-state index is 12.7. The molecular formula is C17H24N2O3S. The Bertz CT molecular complexity index is 565. The number of amides is 1. The van der Waals surface area contributed by atoms with E-state index < -0.39 is 11.7 Å². The molecule has 5 nitrogen and oxygen atoms in total. The van der Waals surface area contributed by atoms with Crippen molar-refractivity contribution in [1.82, 2.24) is 9.80 Å². The van der Waals surface area contributed by atoms with Gasteiger partial charge in [0.1, 0.15) is 5.75 Å². The van der Waals surface area contributed by atoms with Crippen molar-refractivity contribution in [2.45, 2.75) is 30.4 Å². The van der Waals surface area contributed by atoms with E-state index in [4.69, 9.17) is 4.74 Å². The van der Waals surface area contributed by atoms with Crippen LogP contribution in [0.2, 0.25) is 0 Å². The molecule has 0 aliphatic carbocycles. The highest BCUT2D eigenvalue weighted by Crippen LogP contribution is 2.35. The van der Waals surface area contributed by atoms with E-state index in [2.05, 4.69) is 4.90 Å². The fourth-order valence-electron chi connectivity index (χ4n) is 3.02. The van der Waals surface area contributed by atoms with Crippen molar-refractivity contribution in [3.8, 4) is 5.75 Å². The van der Waals surface area contributed by atoms with Gasteiger partial charge in [0.15, 0.2) is 6.10 Å². The second kappa shape index (κ2) is 6.71. The van der Waals surface area contributed by atoms with Gasteiger partial charge in [-0.1, -0.05) is 12.1 Å². The zero-order chi connectivity index (χ0) is 16.4.